The maximum atomic E-state index is 12.5. The number of nitrogens with zero attached hydrogens (tertiary/aromatic N) is 1. The van der Waals surface area contributed by atoms with E-state index in [4.69, 9.17) is 4.74 Å². The Kier molecular flexibility index (Phi) is 7.15. The summed E-state index contributed by atoms with van der Waals surface area (Å²) < 4.78 is 7.29. The molecule has 1 atom stereocenters. The van der Waals surface area contributed by atoms with Crippen molar-refractivity contribution >= 4 is 17.7 Å². The first kappa shape index (κ1) is 21.4. The second kappa shape index (κ2) is 9.35. The number of aromatic nitrogens is 1. The highest BCUT2D eigenvalue weighted by Crippen LogP contribution is 2.21. The molecular weight excluding hydrogens is 356 g/mol. The Morgan fingerprint density at radius 3 is 2.29 bits per heavy atom. The van der Waals surface area contributed by atoms with Crippen molar-refractivity contribution in [3.05, 3.63) is 58.9 Å². The molecule has 0 aliphatic carbocycles. The Morgan fingerprint density at radius 1 is 1.11 bits per heavy atom. The molecule has 28 heavy (non-hydrogen) atoms. The zero-order valence-corrected chi connectivity index (χ0v) is 17.1. The minimum Gasteiger partial charge on any atom is -0.457 e. The largest absolute Gasteiger partial charge is 0.457 e. The van der Waals surface area contributed by atoms with E-state index in [1.807, 2.05) is 50.2 Å². The number of rotatable bonds is 8. The Bertz CT molecular complexity index is 853. The van der Waals surface area contributed by atoms with E-state index >= 15 is 0 Å². The lowest BCUT2D eigenvalue weighted by molar-refractivity contribution is -0.143. The van der Waals surface area contributed by atoms with Gasteiger partial charge in [0.15, 0.2) is 6.61 Å². The maximum absolute atomic E-state index is 12.5. The van der Waals surface area contributed by atoms with Crippen LogP contribution < -0.4 is 5.32 Å². The van der Waals surface area contributed by atoms with Gasteiger partial charge in [0, 0.05) is 29.9 Å². The second-order valence-electron chi connectivity index (χ2n) is 7.20. The van der Waals surface area contributed by atoms with Gasteiger partial charge in [-0.2, -0.15) is 0 Å². The van der Waals surface area contributed by atoms with Crippen LogP contribution in [0.15, 0.2) is 36.4 Å². The number of nitrogens with one attached hydrogen (secondary N) is 1. The molecule has 1 amide bonds. The fourth-order valence-electron chi connectivity index (χ4n) is 3.49. The van der Waals surface area contributed by atoms with Gasteiger partial charge < -0.3 is 14.6 Å². The minimum atomic E-state index is -0.534. The predicted octanol–water partition coefficient (Wildman–Crippen LogP) is 3.68. The van der Waals surface area contributed by atoms with E-state index in [0.29, 0.717) is 5.56 Å². The SMILES string of the molecule is CC(=O)N[C@H](CC(=O)OCC(=O)c1cc(C)n(C(C)C)c1C)c1ccccc1. The summed E-state index contributed by atoms with van der Waals surface area (Å²) in [5, 5.41) is 2.75. The van der Waals surface area contributed by atoms with Crippen molar-refractivity contribution in [2.75, 3.05) is 6.61 Å². The fourth-order valence-corrected chi connectivity index (χ4v) is 3.49. The van der Waals surface area contributed by atoms with Gasteiger partial charge in [0.05, 0.1) is 12.5 Å². The summed E-state index contributed by atoms with van der Waals surface area (Å²) in [5.41, 5.74) is 3.24. The molecule has 0 aliphatic heterocycles. The molecule has 1 aromatic heterocycles. The molecule has 0 saturated carbocycles. The number of ether oxygens (including phenoxy) is 1. The van der Waals surface area contributed by atoms with Crippen molar-refractivity contribution in [3.63, 3.8) is 0 Å². The molecule has 150 valence electrons. The highest BCUT2D eigenvalue weighted by atomic mass is 16.5. The summed E-state index contributed by atoms with van der Waals surface area (Å²) in [6, 6.07) is 10.8. The molecule has 1 N–H and O–H groups in total. The van der Waals surface area contributed by atoms with Crippen molar-refractivity contribution in [1.82, 2.24) is 9.88 Å². The Labute approximate surface area is 165 Å². The summed E-state index contributed by atoms with van der Waals surface area (Å²) in [6.07, 6.45) is -0.0398. The first-order chi connectivity index (χ1) is 13.2. The Balaban J connectivity index is 2.02. The van der Waals surface area contributed by atoms with E-state index in [0.717, 1.165) is 17.0 Å². The van der Waals surface area contributed by atoms with Crippen LogP contribution in [0.5, 0.6) is 0 Å². The quantitative estimate of drug-likeness (QED) is 0.556. The molecule has 0 bridgehead atoms. The third-order valence-corrected chi connectivity index (χ3v) is 4.62. The molecule has 1 heterocycles. The summed E-state index contributed by atoms with van der Waals surface area (Å²) in [7, 11) is 0. The number of hydrogen-bond acceptors (Lipinski definition) is 4. The topological polar surface area (TPSA) is 77.4 Å². The van der Waals surface area contributed by atoms with Crippen molar-refractivity contribution in [2.24, 2.45) is 0 Å². The fraction of sp³-hybridized carbons (Fsp3) is 0.409. The number of carbonyl (C=O) groups excluding carboxylic acids is 3. The lowest BCUT2D eigenvalue weighted by atomic mass is 10.0. The van der Waals surface area contributed by atoms with Crippen molar-refractivity contribution in [1.29, 1.82) is 0 Å². The van der Waals surface area contributed by atoms with E-state index < -0.39 is 12.0 Å². The van der Waals surface area contributed by atoms with Crippen LogP contribution >= 0.6 is 0 Å². The molecule has 0 unspecified atom stereocenters. The molecule has 0 spiro atoms. The molecule has 2 aromatic rings. The van der Waals surface area contributed by atoms with Crippen LogP contribution in [0, 0.1) is 13.8 Å². The highest BCUT2D eigenvalue weighted by Gasteiger charge is 2.21. The average molecular weight is 384 g/mol. The molecule has 0 radical (unpaired) electrons. The number of ketones is 1. The summed E-state index contributed by atoms with van der Waals surface area (Å²) >= 11 is 0. The van der Waals surface area contributed by atoms with Gasteiger partial charge in [-0.3, -0.25) is 14.4 Å². The second-order valence-corrected chi connectivity index (χ2v) is 7.20. The zero-order chi connectivity index (χ0) is 20.8. The first-order valence-electron chi connectivity index (χ1n) is 9.40. The van der Waals surface area contributed by atoms with Gasteiger partial charge in [0.1, 0.15) is 0 Å². The predicted molar refractivity (Wildman–Crippen MR) is 107 cm³/mol. The van der Waals surface area contributed by atoms with Crippen LogP contribution in [0.4, 0.5) is 0 Å². The van der Waals surface area contributed by atoms with Crippen LogP contribution in [-0.2, 0) is 14.3 Å². The van der Waals surface area contributed by atoms with Crippen molar-refractivity contribution < 1.29 is 19.1 Å². The van der Waals surface area contributed by atoms with Crippen molar-refractivity contribution in [3.8, 4) is 0 Å². The number of benzene rings is 1. The molecule has 1 aromatic carbocycles. The smallest absolute Gasteiger partial charge is 0.308 e. The number of Topliss-reactive ketones (excluding diaryl/α,β-unsaturated/α-hetero) is 1. The van der Waals surface area contributed by atoms with Gasteiger partial charge in [-0.15, -0.1) is 0 Å². The van der Waals surface area contributed by atoms with E-state index in [1.165, 1.54) is 6.92 Å². The zero-order valence-electron chi connectivity index (χ0n) is 17.1. The van der Waals surface area contributed by atoms with Crippen molar-refractivity contribution in [2.45, 2.75) is 53.1 Å². The third kappa shape index (κ3) is 5.31. The minimum absolute atomic E-state index is 0.0398. The normalized spacial score (nSPS) is 11.9. The van der Waals surface area contributed by atoms with E-state index in [-0.39, 0.29) is 30.8 Å². The van der Waals surface area contributed by atoms with E-state index in [2.05, 4.69) is 23.7 Å². The maximum Gasteiger partial charge on any atom is 0.308 e. The van der Waals surface area contributed by atoms with Crippen LogP contribution in [0.3, 0.4) is 0 Å². The molecule has 6 nitrogen and oxygen atoms in total. The van der Waals surface area contributed by atoms with Crippen LogP contribution in [0.2, 0.25) is 0 Å². The average Bonchev–Trinajstić information content (AvgIpc) is 2.94. The molecule has 2 rings (SSSR count). The van der Waals surface area contributed by atoms with Gasteiger partial charge in [0.25, 0.3) is 0 Å². The highest BCUT2D eigenvalue weighted by molar-refractivity contribution is 5.99. The number of carbonyl (C=O) groups is 3. The van der Waals surface area contributed by atoms with E-state index in [9.17, 15) is 14.4 Å². The monoisotopic (exact) mass is 384 g/mol. The molecule has 0 aliphatic rings. The van der Waals surface area contributed by atoms with Gasteiger partial charge in [-0.25, -0.2) is 0 Å². The lowest BCUT2D eigenvalue weighted by Crippen LogP contribution is -2.29. The molecule has 0 fully saturated rings. The van der Waals surface area contributed by atoms with Gasteiger partial charge in [-0.1, -0.05) is 30.3 Å². The Morgan fingerprint density at radius 2 is 1.75 bits per heavy atom. The Hall–Kier alpha value is -2.89. The standard InChI is InChI=1S/C22H28N2O4/c1-14(2)24-15(3)11-19(16(24)4)21(26)13-28-22(27)12-20(23-17(5)25)18-9-7-6-8-10-18/h6-11,14,20H,12-13H2,1-5H3,(H,23,25)/t20-/m1/s1. The summed E-state index contributed by atoms with van der Waals surface area (Å²) in [5.74, 6) is -1.00. The van der Waals surface area contributed by atoms with E-state index in [1.54, 1.807) is 0 Å². The number of esters is 1. The number of aryl methyl sites for hydroxylation is 1. The third-order valence-electron chi connectivity index (χ3n) is 4.62. The lowest BCUT2D eigenvalue weighted by Gasteiger charge is -2.17. The number of amides is 1. The molecule has 0 saturated heterocycles. The van der Waals surface area contributed by atoms with Gasteiger partial charge in [-0.05, 0) is 39.3 Å². The van der Waals surface area contributed by atoms with Crippen LogP contribution in [0.1, 0.15) is 66.6 Å². The van der Waals surface area contributed by atoms with Gasteiger partial charge >= 0.3 is 5.97 Å². The summed E-state index contributed by atoms with van der Waals surface area (Å²) in [4.78, 5) is 36.3. The van der Waals surface area contributed by atoms with Crippen LogP contribution in [-0.4, -0.2) is 28.8 Å². The molecular formula is C22H28N2O4. The first-order valence-corrected chi connectivity index (χ1v) is 9.40. The van der Waals surface area contributed by atoms with Gasteiger partial charge in [0.2, 0.25) is 11.7 Å². The number of hydrogen-bond donors (Lipinski definition) is 1. The molecule has 6 heteroatoms. The van der Waals surface area contributed by atoms with Crippen LogP contribution in [0.25, 0.3) is 0 Å². The summed E-state index contributed by atoms with van der Waals surface area (Å²) in [6.45, 7) is 9.04.